The largest absolute Gasteiger partial charge is 0.455 e. The number of alkyl halides is 3. The molecule has 0 bridgehead atoms. The van der Waals surface area contributed by atoms with Gasteiger partial charge in [-0.2, -0.15) is 29.9 Å². The van der Waals surface area contributed by atoms with E-state index >= 15 is 0 Å². The van der Waals surface area contributed by atoms with Crippen molar-refractivity contribution in [2.75, 3.05) is 17.3 Å². The molecule has 0 unspecified atom stereocenters. The van der Waals surface area contributed by atoms with Crippen molar-refractivity contribution in [1.29, 1.82) is 0 Å². The predicted octanol–water partition coefficient (Wildman–Crippen LogP) is 3.65. The van der Waals surface area contributed by atoms with Crippen molar-refractivity contribution in [2.45, 2.75) is 18.0 Å². The Morgan fingerprint density at radius 3 is 2.92 bits per heavy atom. The molecule has 10 heteroatoms. The minimum atomic E-state index is -4.45. The van der Waals surface area contributed by atoms with Gasteiger partial charge in [0.05, 0.1) is 5.56 Å². The summed E-state index contributed by atoms with van der Waals surface area (Å²) in [5, 5.41) is 3.43. The Bertz CT molecular complexity index is 746. The van der Waals surface area contributed by atoms with E-state index in [9.17, 15) is 18.0 Å². The van der Waals surface area contributed by atoms with Crippen molar-refractivity contribution in [1.82, 2.24) is 10.1 Å². The highest BCUT2D eigenvalue weighted by Crippen LogP contribution is 2.31. The van der Waals surface area contributed by atoms with E-state index in [0.29, 0.717) is 5.75 Å². The maximum atomic E-state index is 12.7. The summed E-state index contributed by atoms with van der Waals surface area (Å²) in [5.74, 6) is 2.30. The van der Waals surface area contributed by atoms with Crippen LogP contribution < -0.4 is 0 Å². The average molecular weight is 390 g/mol. The number of esters is 1. The van der Waals surface area contributed by atoms with Gasteiger partial charge in [-0.25, -0.2) is 0 Å². The van der Waals surface area contributed by atoms with Crippen LogP contribution in [0, 0.1) is 0 Å². The molecule has 0 saturated carbocycles. The quantitative estimate of drug-likeness (QED) is 0.739. The van der Waals surface area contributed by atoms with E-state index in [1.165, 1.54) is 12.1 Å². The SMILES string of the molecule is O=C(OCc1nc(-c2cccc(C(F)(F)F)c2)no1)[C@H]1CSCCS1. The Balaban J connectivity index is 1.63. The number of hydrogen-bond donors (Lipinski definition) is 0. The molecule has 1 aromatic carbocycles. The Kier molecular flexibility index (Phi) is 5.57. The fraction of sp³-hybridized carbons (Fsp3) is 0.400. The van der Waals surface area contributed by atoms with E-state index in [1.54, 1.807) is 23.5 Å². The first kappa shape index (κ1) is 18.1. The molecular weight excluding hydrogens is 377 g/mol. The van der Waals surface area contributed by atoms with Crippen LogP contribution in [0.25, 0.3) is 11.4 Å². The predicted molar refractivity (Wildman–Crippen MR) is 88.1 cm³/mol. The molecule has 134 valence electrons. The number of nitrogens with zero attached hydrogens (tertiary/aromatic N) is 2. The maximum Gasteiger partial charge on any atom is 0.416 e. The molecule has 0 N–H and O–H groups in total. The number of benzene rings is 1. The van der Waals surface area contributed by atoms with Crippen molar-refractivity contribution < 1.29 is 27.2 Å². The number of carbonyl (C=O) groups excluding carboxylic acids is 1. The van der Waals surface area contributed by atoms with Gasteiger partial charge in [0.2, 0.25) is 5.82 Å². The van der Waals surface area contributed by atoms with Crippen LogP contribution in [0.2, 0.25) is 0 Å². The molecule has 1 aliphatic heterocycles. The van der Waals surface area contributed by atoms with Gasteiger partial charge in [-0.1, -0.05) is 17.3 Å². The number of rotatable bonds is 4. The molecule has 0 aliphatic carbocycles. The van der Waals surface area contributed by atoms with Gasteiger partial charge >= 0.3 is 12.1 Å². The second-order valence-corrected chi connectivity index (χ2v) is 7.59. The molecule has 1 fully saturated rings. The topological polar surface area (TPSA) is 65.2 Å². The fourth-order valence-electron chi connectivity index (χ4n) is 2.12. The molecule has 1 saturated heterocycles. The molecule has 5 nitrogen and oxygen atoms in total. The second kappa shape index (κ2) is 7.69. The highest BCUT2D eigenvalue weighted by molar-refractivity contribution is 8.07. The first-order chi connectivity index (χ1) is 11.9. The monoisotopic (exact) mass is 390 g/mol. The van der Waals surface area contributed by atoms with Crippen LogP contribution in [0.15, 0.2) is 28.8 Å². The van der Waals surface area contributed by atoms with Crippen LogP contribution in [-0.4, -0.2) is 38.6 Å². The molecule has 0 radical (unpaired) electrons. The molecule has 0 spiro atoms. The van der Waals surface area contributed by atoms with Gasteiger partial charge in [0, 0.05) is 22.8 Å². The van der Waals surface area contributed by atoms with Crippen LogP contribution in [-0.2, 0) is 22.3 Å². The Labute approximate surface area is 149 Å². The molecular formula is C15H13F3N2O3S2. The van der Waals surface area contributed by atoms with E-state index in [-0.39, 0.29) is 35.1 Å². The van der Waals surface area contributed by atoms with Crippen molar-refractivity contribution in [3.05, 3.63) is 35.7 Å². The maximum absolute atomic E-state index is 12.7. The third-order valence-corrected chi connectivity index (χ3v) is 6.07. The Morgan fingerprint density at radius 1 is 1.36 bits per heavy atom. The number of aromatic nitrogens is 2. The molecule has 2 aromatic rings. The number of ether oxygens (including phenoxy) is 1. The molecule has 0 amide bonds. The lowest BCUT2D eigenvalue weighted by Gasteiger charge is -2.18. The van der Waals surface area contributed by atoms with Crippen molar-refractivity contribution in [3.8, 4) is 11.4 Å². The van der Waals surface area contributed by atoms with Gasteiger partial charge in [-0.3, -0.25) is 4.79 Å². The lowest BCUT2D eigenvalue weighted by atomic mass is 10.1. The van der Waals surface area contributed by atoms with Gasteiger partial charge in [-0.15, -0.1) is 11.8 Å². The van der Waals surface area contributed by atoms with Crippen LogP contribution in [0.4, 0.5) is 13.2 Å². The minimum Gasteiger partial charge on any atom is -0.455 e. The van der Waals surface area contributed by atoms with E-state index in [4.69, 9.17) is 9.26 Å². The van der Waals surface area contributed by atoms with E-state index < -0.39 is 11.7 Å². The standard InChI is InChI=1S/C15H13F3N2O3S2/c16-15(17,18)10-3-1-2-9(6-10)13-19-12(23-20-13)7-22-14(21)11-8-24-4-5-25-11/h1-3,6,11H,4-5,7-8H2/t11-/m1/s1. The van der Waals surface area contributed by atoms with Crippen LogP contribution in [0.5, 0.6) is 0 Å². The first-order valence-corrected chi connectivity index (χ1v) is 9.50. The zero-order valence-corrected chi connectivity index (χ0v) is 14.4. The van der Waals surface area contributed by atoms with Gasteiger partial charge < -0.3 is 9.26 Å². The Hall–Kier alpha value is -1.68. The molecule has 1 aromatic heterocycles. The zero-order chi connectivity index (χ0) is 17.9. The van der Waals surface area contributed by atoms with Crippen LogP contribution in [0.3, 0.4) is 0 Å². The normalized spacial score (nSPS) is 18.1. The second-order valence-electron chi connectivity index (χ2n) is 5.13. The number of carbonyl (C=O) groups is 1. The molecule has 1 aliphatic rings. The lowest BCUT2D eigenvalue weighted by Crippen LogP contribution is -2.26. The first-order valence-electron chi connectivity index (χ1n) is 7.29. The lowest BCUT2D eigenvalue weighted by molar-refractivity contribution is -0.144. The van der Waals surface area contributed by atoms with Gasteiger partial charge in [-0.05, 0) is 12.1 Å². The van der Waals surface area contributed by atoms with Gasteiger partial charge in [0.25, 0.3) is 5.89 Å². The summed E-state index contributed by atoms with van der Waals surface area (Å²) in [7, 11) is 0. The summed E-state index contributed by atoms with van der Waals surface area (Å²) < 4.78 is 48.3. The summed E-state index contributed by atoms with van der Waals surface area (Å²) in [4.78, 5) is 15.9. The third-order valence-electron chi connectivity index (χ3n) is 3.33. The minimum absolute atomic E-state index is 0.0137. The number of halogens is 3. The highest BCUT2D eigenvalue weighted by Gasteiger charge is 2.31. The van der Waals surface area contributed by atoms with Crippen LogP contribution in [0.1, 0.15) is 11.5 Å². The number of hydrogen-bond acceptors (Lipinski definition) is 7. The van der Waals surface area contributed by atoms with Crippen molar-refractivity contribution >= 4 is 29.5 Å². The van der Waals surface area contributed by atoms with E-state index in [1.807, 2.05) is 0 Å². The summed E-state index contributed by atoms with van der Waals surface area (Å²) in [5.41, 5.74) is -0.620. The number of thioether (sulfide) groups is 2. The summed E-state index contributed by atoms with van der Waals surface area (Å²) in [6.07, 6.45) is -4.45. The highest BCUT2D eigenvalue weighted by atomic mass is 32.2. The fourth-order valence-corrected chi connectivity index (χ4v) is 4.65. The average Bonchev–Trinajstić information content (AvgIpc) is 3.09. The summed E-state index contributed by atoms with van der Waals surface area (Å²) >= 11 is 3.24. The molecule has 2 heterocycles. The van der Waals surface area contributed by atoms with Gasteiger partial charge in [0.1, 0.15) is 5.25 Å². The zero-order valence-electron chi connectivity index (χ0n) is 12.8. The van der Waals surface area contributed by atoms with Crippen LogP contribution >= 0.6 is 23.5 Å². The van der Waals surface area contributed by atoms with E-state index in [0.717, 1.165) is 23.6 Å². The third kappa shape index (κ3) is 4.69. The molecule has 25 heavy (non-hydrogen) atoms. The summed E-state index contributed by atoms with van der Waals surface area (Å²) in [6, 6.07) is 4.63. The molecule has 1 atom stereocenters. The summed E-state index contributed by atoms with van der Waals surface area (Å²) in [6.45, 7) is -0.202. The van der Waals surface area contributed by atoms with E-state index in [2.05, 4.69) is 10.1 Å². The van der Waals surface area contributed by atoms with Gasteiger partial charge in [0.15, 0.2) is 6.61 Å². The van der Waals surface area contributed by atoms with Crippen molar-refractivity contribution in [2.24, 2.45) is 0 Å². The Morgan fingerprint density at radius 2 is 2.20 bits per heavy atom. The smallest absolute Gasteiger partial charge is 0.416 e. The molecule has 3 rings (SSSR count). The van der Waals surface area contributed by atoms with Crippen molar-refractivity contribution in [3.63, 3.8) is 0 Å².